The van der Waals surface area contributed by atoms with Gasteiger partial charge in [0.1, 0.15) is 0 Å². The number of rotatable bonds is 6. The van der Waals surface area contributed by atoms with Gasteiger partial charge in [0, 0.05) is 5.92 Å². The second-order valence-electron chi connectivity index (χ2n) is 14.0. The molecular weight excluding hydrogens is 480 g/mol. The third-order valence-corrected chi connectivity index (χ3v) is 12.0. The van der Waals surface area contributed by atoms with Crippen molar-refractivity contribution in [3.8, 4) is 0 Å². The fraction of sp³-hybridized carbons (Fsp3) is 0.400. The molecule has 0 radical (unpaired) electrons. The Balaban J connectivity index is 1.24. The summed E-state index contributed by atoms with van der Waals surface area (Å²) in [6, 6.07) is 28.9. The van der Waals surface area contributed by atoms with Crippen molar-refractivity contribution in [1.82, 2.24) is 0 Å². The fourth-order valence-electron chi connectivity index (χ4n) is 10.3. The Hall–Kier alpha value is -3.12. The molecule has 40 heavy (non-hydrogen) atoms. The molecule has 3 saturated carbocycles. The van der Waals surface area contributed by atoms with Crippen LogP contribution in [0.1, 0.15) is 95.6 Å². The number of fused-ring (bicyclic) bond motifs is 6. The largest absolute Gasteiger partial charge is 0.0851 e. The molecule has 3 aromatic rings. The van der Waals surface area contributed by atoms with Crippen LogP contribution in [0.4, 0.5) is 0 Å². The molecule has 3 aromatic carbocycles. The second-order valence-corrected chi connectivity index (χ2v) is 14.0. The van der Waals surface area contributed by atoms with Gasteiger partial charge in [-0.05, 0) is 125 Å². The molecular formula is C40H40. The van der Waals surface area contributed by atoms with Crippen LogP contribution in [-0.2, 0) is 0 Å². The summed E-state index contributed by atoms with van der Waals surface area (Å²) in [5.74, 6) is 6.74. The van der Waals surface area contributed by atoms with Crippen molar-refractivity contribution >= 4 is 0 Å². The van der Waals surface area contributed by atoms with Gasteiger partial charge in [-0.15, -0.1) is 0 Å². The first-order valence-electron chi connectivity index (χ1n) is 16.1. The van der Waals surface area contributed by atoms with Crippen molar-refractivity contribution in [2.45, 2.75) is 62.2 Å². The van der Waals surface area contributed by atoms with E-state index in [1.54, 1.807) is 33.4 Å². The SMILES string of the molecule is C1=CC2CC1CC2c1ccccc1C(c1ccccc1C1CC2C=CC1C2)c1ccccc1C1CC2C=CC1C2. The molecule has 0 saturated heterocycles. The van der Waals surface area contributed by atoms with Crippen molar-refractivity contribution in [2.75, 3.05) is 0 Å². The molecule has 0 aliphatic heterocycles. The lowest BCUT2D eigenvalue weighted by atomic mass is 9.71. The normalized spacial score (nSPS) is 36.8. The lowest BCUT2D eigenvalue weighted by Crippen LogP contribution is -2.18. The van der Waals surface area contributed by atoms with Crippen LogP contribution in [0.25, 0.3) is 0 Å². The Morgan fingerprint density at radius 3 is 0.975 bits per heavy atom. The van der Waals surface area contributed by atoms with Crippen LogP contribution < -0.4 is 0 Å². The molecule has 0 nitrogen and oxygen atoms in total. The van der Waals surface area contributed by atoms with Gasteiger partial charge in [0.2, 0.25) is 0 Å². The minimum atomic E-state index is 0.290. The van der Waals surface area contributed by atoms with Crippen molar-refractivity contribution < 1.29 is 0 Å². The summed E-state index contributed by atoms with van der Waals surface area (Å²) in [4.78, 5) is 0. The summed E-state index contributed by atoms with van der Waals surface area (Å²) in [6.45, 7) is 0. The minimum absolute atomic E-state index is 0.290. The number of allylic oxidation sites excluding steroid dienone is 6. The lowest BCUT2D eigenvalue weighted by molar-refractivity contribution is 0.565. The molecule has 0 spiro atoms. The molecule has 3 fully saturated rings. The molecule has 0 amide bonds. The first-order chi connectivity index (χ1) is 19.8. The minimum Gasteiger partial charge on any atom is -0.0851 e. The van der Waals surface area contributed by atoms with Crippen LogP contribution >= 0.6 is 0 Å². The summed E-state index contributed by atoms with van der Waals surface area (Å²) in [5.41, 5.74) is 9.58. The molecule has 0 heteroatoms. The fourth-order valence-corrected chi connectivity index (χ4v) is 10.3. The predicted octanol–water partition coefficient (Wildman–Crippen LogP) is 9.91. The lowest BCUT2D eigenvalue weighted by Gasteiger charge is -2.33. The van der Waals surface area contributed by atoms with E-state index in [2.05, 4.69) is 109 Å². The highest BCUT2D eigenvalue weighted by molar-refractivity contribution is 5.55. The highest BCUT2D eigenvalue weighted by Crippen LogP contribution is 2.56. The van der Waals surface area contributed by atoms with Gasteiger partial charge in [-0.3, -0.25) is 0 Å². The van der Waals surface area contributed by atoms with E-state index in [9.17, 15) is 0 Å². The van der Waals surface area contributed by atoms with E-state index in [0.717, 1.165) is 17.8 Å². The number of benzene rings is 3. The summed E-state index contributed by atoms with van der Waals surface area (Å²) in [5, 5.41) is 0. The maximum atomic E-state index is 2.54. The maximum absolute atomic E-state index is 2.54. The average molecular weight is 521 g/mol. The zero-order valence-corrected chi connectivity index (χ0v) is 23.4. The van der Waals surface area contributed by atoms with Gasteiger partial charge in [-0.25, -0.2) is 0 Å². The Morgan fingerprint density at radius 2 is 0.700 bits per heavy atom. The first-order valence-corrected chi connectivity index (χ1v) is 16.1. The Morgan fingerprint density at radius 1 is 0.375 bits per heavy atom. The van der Waals surface area contributed by atoms with E-state index >= 15 is 0 Å². The van der Waals surface area contributed by atoms with Crippen molar-refractivity contribution in [1.29, 1.82) is 0 Å². The van der Waals surface area contributed by atoms with E-state index in [1.165, 1.54) is 38.5 Å². The van der Waals surface area contributed by atoms with Gasteiger partial charge < -0.3 is 0 Å². The predicted molar refractivity (Wildman–Crippen MR) is 165 cm³/mol. The van der Waals surface area contributed by atoms with Crippen LogP contribution in [0, 0.1) is 35.5 Å². The Bertz CT molecular complexity index is 1350. The monoisotopic (exact) mass is 520 g/mol. The van der Waals surface area contributed by atoms with Gasteiger partial charge in [0.25, 0.3) is 0 Å². The first kappa shape index (κ1) is 23.6. The average Bonchev–Trinajstić information content (AvgIpc) is 3.87. The molecule has 0 N–H and O–H groups in total. The summed E-state index contributed by atoms with van der Waals surface area (Å²) in [6.07, 6.45) is 23.1. The number of hydrogen-bond acceptors (Lipinski definition) is 0. The van der Waals surface area contributed by atoms with E-state index in [4.69, 9.17) is 0 Å². The van der Waals surface area contributed by atoms with Crippen molar-refractivity contribution in [3.63, 3.8) is 0 Å². The Kier molecular flexibility index (Phi) is 5.42. The second kappa shape index (κ2) is 9.20. The molecule has 6 bridgehead atoms. The Labute approximate surface area is 239 Å². The van der Waals surface area contributed by atoms with E-state index in [-0.39, 0.29) is 5.92 Å². The molecule has 9 atom stereocenters. The van der Waals surface area contributed by atoms with Gasteiger partial charge in [0.15, 0.2) is 0 Å². The van der Waals surface area contributed by atoms with Crippen LogP contribution in [0.5, 0.6) is 0 Å². The van der Waals surface area contributed by atoms with E-state index in [1.807, 2.05) is 0 Å². The van der Waals surface area contributed by atoms with Crippen LogP contribution in [0.3, 0.4) is 0 Å². The smallest absolute Gasteiger partial charge is 0.0348 e. The standard InChI is InChI=1S/C40H40/c1-4-10-34(31(7-1)37-22-25-13-16-28(37)19-25)40(35-11-5-2-8-32(35)38-23-26-14-17-29(38)20-26)36-12-6-3-9-33(36)39-24-27-15-18-30(39)21-27/h1-18,25-30,37-40H,19-24H2. The van der Waals surface area contributed by atoms with Gasteiger partial charge >= 0.3 is 0 Å². The van der Waals surface area contributed by atoms with Crippen molar-refractivity contribution in [3.05, 3.63) is 143 Å². The quantitative estimate of drug-likeness (QED) is 0.224. The van der Waals surface area contributed by atoms with E-state index in [0.29, 0.717) is 35.5 Å². The molecule has 6 aliphatic rings. The van der Waals surface area contributed by atoms with Crippen molar-refractivity contribution in [2.24, 2.45) is 35.5 Å². The highest BCUT2D eigenvalue weighted by atomic mass is 14.5. The van der Waals surface area contributed by atoms with Crippen LogP contribution in [-0.4, -0.2) is 0 Å². The molecule has 6 aliphatic carbocycles. The molecule has 200 valence electrons. The third-order valence-electron chi connectivity index (χ3n) is 12.0. The van der Waals surface area contributed by atoms with Gasteiger partial charge in [-0.1, -0.05) is 109 Å². The maximum Gasteiger partial charge on any atom is 0.0348 e. The molecule has 0 heterocycles. The topological polar surface area (TPSA) is 0 Å². The molecule has 9 rings (SSSR count). The van der Waals surface area contributed by atoms with Crippen LogP contribution in [0.15, 0.2) is 109 Å². The van der Waals surface area contributed by atoms with Gasteiger partial charge in [-0.2, -0.15) is 0 Å². The zero-order valence-electron chi connectivity index (χ0n) is 23.4. The molecule has 0 aromatic heterocycles. The van der Waals surface area contributed by atoms with Gasteiger partial charge in [0.05, 0.1) is 0 Å². The van der Waals surface area contributed by atoms with Crippen LogP contribution in [0.2, 0.25) is 0 Å². The number of hydrogen-bond donors (Lipinski definition) is 0. The third kappa shape index (κ3) is 3.64. The summed E-state index contributed by atoms with van der Waals surface area (Å²) >= 11 is 0. The van der Waals surface area contributed by atoms with E-state index < -0.39 is 0 Å². The summed E-state index contributed by atoms with van der Waals surface area (Å²) in [7, 11) is 0. The summed E-state index contributed by atoms with van der Waals surface area (Å²) < 4.78 is 0. The highest BCUT2D eigenvalue weighted by Gasteiger charge is 2.42. The zero-order chi connectivity index (χ0) is 26.2. The molecule has 9 unspecified atom stereocenters.